The number of Topliss-reactive ketones (excluding diaryl/α,β-unsaturated/α-hetero) is 3. The predicted molar refractivity (Wildman–Crippen MR) is 545 cm³/mol. The van der Waals surface area contributed by atoms with E-state index in [1.807, 2.05) is 149 Å². The maximum atomic E-state index is 12.2. The van der Waals surface area contributed by atoms with Gasteiger partial charge >= 0.3 is 40.7 Å². The van der Waals surface area contributed by atoms with E-state index in [1.54, 1.807) is 93.5 Å². The number of carbonyl (C=O) groups is 12. The number of nitrogens with two attached hydrogens (primary N) is 3. The zero-order valence-electron chi connectivity index (χ0n) is 87.8. The summed E-state index contributed by atoms with van der Waals surface area (Å²) < 4.78 is 45.7. The standard InChI is InChI=1S/C21H31NO4.C19H33NO4.C17H29NO4.C12H18N2O.C10H22N2O.C8H18N2O.3C4H11O3P/c1-6-21(4,5)20(25)22-17-11-9-16(10-12-17)14-18(23)8-7-13-26-19(24)15(2)3;1-6-19(4,5)18(23)20-13-9-7-8-11-16(21)12-10-14-24-17(22)15(2)3;1-6-17(4,5)16(21)18-11-7-9-14(19)10-8-12-22-15(20)13(2)3;1-4-12(2,3)11(15)14-10-7-5-9(13)6-8-10;1-4-10(2,3)9(13)12-8-6-5-7-11;1-4-8(2,3)7(11)10-6-5-9;3*1-3-4(2)8(5,6)7/h9-12,15H,6-8,13-14H2,1-5H3,(H,22,25);2,6-14H2,1,3-5H3,(H,20,23);2,6-12H2,1,3-5H3,(H,18,21);5-8H,4,13H2,1-3H3,(H,14,15);4-8,11H2,1-3H3,(H,12,13);4-6,9H2,1-3H3,(H,10,11);3*4H,3H2,1-2H3,(H2,5,6,7). The molecule has 0 fully saturated rings. The van der Waals surface area contributed by atoms with E-state index in [0.29, 0.717) is 133 Å². The minimum atomic E-state index is -3.76. The number of hydrogen-bond acceptors (Lipinski definition) is 21. The molecule has 0 aromatic heterocycles. The second-order valence-electron chi connectivity index (χ2n) is 37.7. The molecule has 6 amide bonds. The van der Waals surface area contributed by atoms with Crippen LogP contribution in [0.1, 0.15) is 347 Å². The summed E-state index contributed by atoms with van der Waals surface area (Å²) in [4.78, 5) is 190. The van der Waals surface area contributed by atoms with Gasteiger partial charge in [0.2, 0.25) is 35.4 Å². The quantitative estimate of drug-likeness (QED) is 0.00730. The van der Waals surface area contributed by atoms with Crippen LogP contribution in [0, 0.1) is 38.4 Å². The molecule has 0 heterocycles. The molecule has 0 aliphatic carbocycles. The molecule has 3 atom stereocenters. The number of amides is 6. The number of hydrogen-bond donors (Lipinski definition) is 15. The highest BCUT2D eigenvalue weighted by Gasteiger charge is 2.31. The predicted octanol–water partition coefficient (Wildman–Crippen LogP) is 17.8. The first-order valence-electron chi connectivity index (χ1n) is 47.7. The second-order valence-corrected chi connectivity index (χ2v) is 43.9. The molecule has 0 spiro atoms. The van der Waals surface area contributed by atoms with E-state index in [4.69, 9.17) is 60.8 Å². The zero-order chi connectivity index (χ0) is 107. The molecule has 2 aromatic rings. The molecule has 0 saturated carbocycles. The molecule has 2 aromatic carbocycles. The first kappa shape index (κ1) is 140. The lowest BCUT2D eigenvalue weighted by molar-refractivity contribution is -0.147. The van der Waals surface area contributed by atoms with Crippen LogP contribution in [0.15, 0.2) is 72.8 Å². The first-order valence-corrected chi connectivity index (χ1v) is 52.7. The summed E-state index contributed by atoms with van der Waals surface area (Å²) in [5, 5.41) is 17.2. The third-order valence-electron chi connectivity index (χ3n) is 22.6. The van der Waals surface area contributed by atoms with Crippen LogP contribution in [-0.4, -0.2) is 176 Å². The van der Waals surface area contributed by atoms with Crippen molar-refractivity contribution < 1.29 is 115 Å². The number of unbranched alkanes of at least 4 members (excludes halogenated alkanes) is 3. The second kappa shape index (κ2) is 75.3. The molecule has 18 N–H and O–H groups in total. The van der Waals surface area contributed by atoms with Crippen LogP contribution >= 0.6 is 22.8 Å². The number of ether oxygens (including phenoxy) is 3. The van der Waals surface area contributed by atoms with Crippen molar-refractivity contribution in [3.05, 3.63) is 78.4 Å². The number of rotatable bonds is 53. The Labute approximate surface area is 811 Å². The van der Waals surface area contributed by atoms with Gasteiger partial charge in [0.1, 0.15) is 17.3 Å². The van der Waals surface area contributed by atoms with Crippen LogP contribution in [0.25, 0.3) is 0 Å². The Hall–Kier alpha value is -7.67. The number of ketones is 3. The van der Waals surface area contributed by atoms with Gasteiger partial charge in [-0.1, -0.05) is 212 Å². The Morgan fingerprint density at radius 2 is 0.622 bits per heavy atom. The van der Waals surface area contributed by atoms with Gasteiger partial charge in [0.05, 0.1) is 42.7 Å². The number of nitrogens with one attached hydrogen (secondary N) is 6. The maximum Gasteiger partial charge on any atom is 0.333 e. The average molecular weight is 1980 g/mol. The Balaban J connectivity index is -0.000000282. The normalized spacial score (nSPS) is 12.0. The van der Waals surface area contributed by atoms with E-state index in [2.05, 4.69) is 45.1 Å². The van der Waals surface area contributed by atoms with Crippen molar-refractivity contribution in [2.75, 3.05) is 75.5 Å². The van der Waals surface area contributed by atoms with Gasteiger partial charge in [-0.2, -0.15) is 0 Å². The molecule has 2 rings (SSSR count). The Morgan fingerprint density at radius 1 is 0.356 bits per heavy atom. The summed E-state index contributed by atoms with van der Waals surface area (Å²) in [6.07, 6.45) is 15.8. The molecule has 0 bridgehead atoms. The monoisotopic (exact) mass is 1980 g/mol. The van der Waals surface area contributed by atoms with Crippen molar-refractivity contribution in [3.8, 4) is 0 Å². The molecule has 0 aliphatic heterocycles. The van der Waals surface area contributed by atoms with Gasteiger partial charge in [-0.25, -0.2) is 9.59 Å². The van der Waals surface area contributed by atoms with Gasteiger partial charge < -0.3 is 92.7 Å². The van der Waals surface area contributed by atoms with E-state index in [9.17, 15) is 71.2 Å². The first-order chi connectivity index (χ1) is 62.0. The van der Waals surface area contributed by atoms with Crippen LogP contribution in [0.3, 0.4) is 0 Å². The van der Waals surface area contributed by atoms with Crippen LogP contribution in [0.4, 0.5) is 17.1 Å². The summed E-state index contributed by atoms with van der Waals surface area (Å²) in [6, 6.07) is 14.5. The van der Waals surface area contributed by atoms with E-state index in [-0.39, 0.29) is 112 Å². The molecular formula is C99H184N9O24P3. The van der Waals surface area contributed by atoms with Crippen molar-refractivity contribution >= 4 is 111 Å². The van der Waals surface area contributed by atoms with E-state index in [0.717, 1.165) is 94.1 Å². The number of esters is 3. The van der Waals surface area contributed by atoms with Crippen LogP contribution < -0.4 is 49.1 Å². The fraction of sp³-hybridized carbons (Fsp3) is 0.717. The minimum absolute atomic E-state index is 0.0141. The third-order valence-corrected chi connectivity index (χ3v) is 27.2. The number of nitrogen functional groups attached to an aromatic ring is 1. The van der Waals surface area contributed by atoms with Gasteiger partial charge in [0.15, 0.2) is 0 Å². The van der Waals surface area contributed by atoms with E-state index < -0.39 is 57.1 Å². The molecule has 0 radical (unpaired) electrons. The molecule has 0 aliphatic rings. The van der Waals surface area contributed by atoms with Crippen molar-refractivity contribution in [1.29, 1.82) is 0 Å². The molecule has 135 heavy (non-hydrogen) atoms. The van der Waals surface area contributed by atoms with Gasteiger partial charge in [-0.3, -0.25) is 61.6 Å². The molecule has 36 heteroatoms. The van der Waals surface area contributed by atoms with Crippen LogP contribution in [-0.2, 0) is 91.9 Å². The summed E-state index contributed by atoms with van der Waals surface area (Å²) in [5.74, 6) is -0.424. The van der Waals surface area contributed by atoms with Crippen molar-refractivity contribution in [2.24, 2.45) is 49.9 Å². The number of benzene rings is 2. The largest absolute Gasteiger partial charge is 0.465 e. The van der Waals surface area contributed by atoms with Gasteiger partial charge in [0.25, 0.3) is 0 Å². The molecular weight excluding hydrogens is 1790 g/mol. The van der Waals surface area contributed by atoms with Crippen molar-refractivity contribution in [2.45, 2.75) is 365 Å². The molecule has 33 nitrogen and oxygen atoms in total. The molecule has 0 saturated heterocycles. The van der Waals surface area contributed by atoms with Gasteiger partial charge in [-0.15, -0.1) is 0 Å². The molecule has 784 valence electrons. The van der Waals surface area contributed by atoms with Crippen molar-refractivity contribution in [3.63, 3.8) is 0 Å². The van der Waals surface area contributed by atoms with Gasteiger partial charge in [0, 0.05) is 132 Å². The lowest BCUT2D eigenvalue weighted by Crippen LogP contribution is -2.38. The van der Waals surface area contributed by atoms with Crippen LogP contribution in [0.5, 0.6) is 0 Å². The smallest absolute Gasteiger partial charge is 0.333 e. The zero-order valence-corrected chi connectivity index (χ0v) is 90.5. The lowest BCUT2D eigenvalue weighted by Gasteiger charge is -2.21. The lowest BCUT2D eigenvalue weighted by atomic mass is 9.89. The van der Waals surface area contributed by atoms with Gasteiger partial charge in [-0.05, 0) is 172 Å². The summed E-state index contributed by atoms with van der Waals surface area (Å²) in [5.41, 5.74) is 16.6. The Kier molecular flexibility index (Phi) is 78.3. The highest BCUT2D eigenvalue weighted by atomic mass is 31.2. The fourth-order valence-electron chi connectivity index (χ4n) is 8.77. The SMILES string of the molecule is C=C(C)C(=O)OCCCC(=O)CCCCCNC(=O)C(C)(C)CC.C=C(C)C(=O)OCCCC(=O)CCCNC(=O)C(C)(C)CC.CCC(C)(C)C(=O)NCCCCN.CCC(C)(C)C(=O)NCCN.CCC(C)(C)C(=O)Nc1ccc(CC(=O)CCCOC(=O)C(C)C)cc1.CCC(C)(C)C(=O)Nc1ccc(N)cc1.CCC(C)P(=O)(O)O.CCC(C)P(=O)(O)O.CCC(C)P(=O)(O)O. The van der Waals surface area contributed by atoms with Crippen molar-refractivity contribution in [1.82, 2.24) is 21.3 Å². The Morgan fingerprint density at radius 3 is 0.896 bits per heavy atom. The Bertz CT molecular complexity index is 3840. The fourth-order valence-corrected chi connectivity index (χ4v) is 10.2. The highest BCUT2D eigenvalue weighted by molar-refractivity contribution is 7.53. The summed E-state index contributed by atoms with van der Waals surface area (Å²) in [6.45, 7) is 63.2. The summed E-state index contributed by atoms with van der Waals surface area (Å²) >= 11 is 0. The number of anilines is 3. The van der Waals surface area contributed by atoms with E-state index >= 15 is 0 Å². The topological polar surface area (TPSA) is 555 Å². The average Bonchev–Trinajstić information content (AvgIpc) is 0.867. The third kappa shape index (κ3) is 75.0. The maximum absolute atomic E-state index is 12.2. The summed E-state index contributed by atoms with van der Waals surface area (Å²) in [7, 11) is -11.3. The minimum Gasteiger partial charge on any atom is -0.465 e. The molecule has 3 unspecified atom stereocenters. The van der Waals surface area contributed by atoms with Crippen LogP contribution in [0.2, 0.25) is 0 Å². The number of carbonyl (C=O) groups excluding carboxylic acids is 12. The highest BCUT2D eigenvalue weighted by Crippen LogP contribution is 2.44. The van der Waals surface area contributed by atoms with E-state index in [1.165, 1.54) is 0 Å².